The van der Waals surface area contributed by atoms with Crippen molar-refractivity contribution in [2.75, 3.05) is 7.11 Å². The van der Waals surface area contributed by atoms with Gasteiger partial charge in [0.05, 0.1) is 11.6 Å². The molecule has 3 heteroatoms. The lowest BCUT2D eigenvalue weighted by molar-refractivity contribution is 0.406. The normalized spacial score (nSPS) is 12.6. The average Bonchev–Trinajstić information content (AvgIpc) is 2.14. The van der Waals surface area contributed by atoms with E-state index in [1.54, 1.807) is 7.11 Å². The molecule has 0 aliphatic carbocycles. The molecule has 1 aromatic carbocycles. The van der Waals surface area contributed by atoms with Crippen molar-refractivity contribution in [1.29, 1.82) is 0 Å². The van der Waals surface area contributed by atoms with Gasteiger partial charge in [0.15, 0.2) is 0 Å². The number of rotatable bonds is 4. The number of hydrogen-bond acceptors (Lipinski definition) is 2. The summed E-state index contributed by atoms with van der Waals surface area (Å²) >= 11 is 3.46. The van der Waals surface area contributed by atoms with Gasteiger partial charge in [0, 0.05) is 6.04 Å². The fourth-order valence-corrected chi connectivity index (χ4v) is 1.93. The van der Waals surface area contributed by atoms with Gasteiger partial charge in [-0.15, -0.1) is 0 Å². The third-order valence-corrected chi connectivity index (χ3v) is 2.75. The minimum Gasteiger partial charge on any atom is -0.495 e. The van der Waals surface area contributed by atoms with Crippen molar-refractivity contribution in [3.05, 3.63) is 28.2 Å². The largest absolute Gasteiger partial charge is 0.495 e. The van der Waals surface area contributed by atoms with Gasteiger partial charge in [-0.1, -0.05) is 12.1 Å². The van der Waals surface area contributed by atoms with Gasteiger partial charge in [-0.3, -0.25) is 0 Å². The van der Waals surface area contributed by atoms with Crippen LogP contribution in [-0.4, -0.2) is 13.2 Å². The van der Waals surface area contributed by atoms with E-state index < -0.39 is 0 Å². The lowest BCUT2D eigenvalue weighted by Crippen LogP contribution is -2.15. The van der Waals surface area contributed by atoms with Crippen LogP contribution in [0.2, 0.25) is 0 Å². The molecule has 0 fully saturated rings. The Hall–Kier alpha value is -0.540. The van der Waals surface area contributed by atoms with E-state index in [0.29, 0.717) is 0 Å². The molecular weight excluding hydrogens is 242 g/mol. The minimum absolute atomic E-state index is 0.235. The molecule has 0 aliphatic rings. The number of ether oxygens (including phenoxy) is 1. The molecule has 0 saturated heterocycles. The molecular formula is C11H16BrNO. The van der Waals surface area contributed by atoms with E-state index in [2.05, 4.69) is 22.0 Å². The molecule has 2 N–H and O–H groups in total. The highest BCUT2D eigenvalue weighted by Gasteiger charge is 2.07. The molecule has 0 saturated carbocycles. The number of aryl methyl sites for hydroxylation is 1. The van der Waals surface area contributed by atoms with Crippen LogP contribution in [0, 0.1) is 0 Å². The van der Waals surface area contributed by atoms with Crippen LogP contribution in [0.1, 0.15) is 18.9 Å². The van der Waals surface area contributed by atoms with E-state index in [1.807, 2.05) is 19.1 Å². The zero-order valence-corrected chi connectivity index (χ0v) is 10.2. The first-order valence-corrected chi connectivity index (χ1v) is 5.51. The Morgan fingerprint density at radius 3 is 2.79 bits per heavy atom. The lowest BCUT2D eigenvalue weighted by atomic mass is 10.1. The van der Waals surface area contributed by atoms with E-state index >= 15 is 0 Å². The van der Waals surface area contributed by atoms with E-state index in [4.69, 9.17) is 10.5 Å². The van der Waals surface area contributed by atoms with Crippen LogP contribution in [0.5, 0.6) is 5.75 Å². The first kappa shape index (κ1) is 11.5. The van der Waals surface area contributed by atoms with Crippen molar-refractivity contribution < 1.29 is 4.74 Å². The molecule has 1 rings (SSSR count). The van der Waals surface area contributed by atoms with Gasteiger partial charge in [0.2, 0.25) is 0 Å². The standard InChI is InChI=1S/C11H16BrNO/c1-8(13)6-7-9-4-3-5-10(12)11(9)14-2/h3-5,8H,6-7,13H2,1-2H3. The summed E-state index contributed by atoms with van der Waals surface area (Å²) in [5.74, 6) is 0.924. The summed E-state index contributed by atoms with van der Waals surface area (Å²) in [4.78, 5) is 0. The molecule has 14 heavy (non-hydrogen) atoms. The maximum absolute atomic E-state index is 5.72. The van der Waals surface area contributed by atoms with Crippen LogP contribution >= 0.6 is 15.9 Å². The highest BCUT2D eigenvalue weighted by Crippen LogP contribution is 2.29. The molecule has 0 spiro atoms. The van der Waals surface area contributed by atoms with Gasteiger partial charge in [-0.2, -0.15) is 0 Å². The molecule has 0 radical (unpaired) electrons. The fraction of sp³-hybridized carbons (Fsp3) is 0.455. The maximum Gasteiger partial charge on any atom is 0.136 e. The lowest BCUT2D eigenvalue weighted by Gasteiger charge is -2.11. The summed E-state index contributed by atoms with van der Waals surface area (Å²) in [6, 6.07) is 6.31. The molecule has 1 atom stereocenters. The van der Waals surface area contributed by atoms with E-state index in [-0.39, 0.29) is 6.04 Å². The molecule has 0 heterocycles. The summed E-state index contributed by atoms with van der Waals surface area (Å²) in [7, 11) is 1.69. The zero-order chi connectivity index (χ0) is 10.6. The summed E-state index contributed by atoms with van der Waals surface area (Å²) in [6.07, 6.45) is 1.94. The molecule has 78 valence electrons. The van der Waals surface area contributed by atoms with Crippen LogP contribution in [0.3, 0.4) is 0 Å². The van der Waals surface area contributed by atoms with Gasteiger partial charge >= 0.3 is 0 Å². The molecule has 2 nitrogen and oxygen atoms in total. The Morgan fingerprint density at radius 2 is 2.21 bits per heavy atom. The third kappa shape index (κ3) is 3.00. The van der Waals surface area contributed by atoms with Crippen molar-refractivity contribution in [3.8, 4) is 5.75 Å². The molecule has 1 aromatic rings. The number of benzene rings is 1. The highest BCUT2D eigenvalue weighted by atomic mass is 79.9. The van der Waals surface area contributed by atoms with Crippen molar-refractivity contribution in [2.45, 2.75) is 25.8 Å². The number of hydrogen-bond donors (Lipinski definition) is 1. The smallest absolute Gasteiger partial charge is 0.136 e. The first-order valence-electron chi connectivity index (χ1n) is 4.72. The summed E-state index contributed by atoms with van der Waals surface area (Å²) in [5.41, 5.74) is 6.92. The number of nitrogens with two attached hydrogens (primary N) is 1. The fourth-order valence-electron chi connectivity index (χ4n) is 1.36. The van der Waals surface area contributed by atoms with Gasteiger partial charge in [0.1, 0.15) is 5.75 Å². The van der Waals surface area contributed by atoms with Gasteiger partial charge < -0.3 is 10.5 Å². The Bertz CT molecular complexity index is 299. The van der Waals surface area contributed by atoms with Gasteiger partial charge in [0.25, 0.3) is 0 Å². The topological polar surface area (TPSA) is 35.2 Å². The van der Waals surface area contributed by atoms with Crippen LogP contribution in [-0.2, 0) is 6.42 Å². The molecule has 0 bridgehead atoms. The first-order chi connectivity index (χ1) is 6.65. The van der Waals surface area contributed by atoms with Crippen LogP contribution in [0.25, 0.3) is 0 Å². The average molecular weight is 258 g/mol. The molecule has 0 aromatic heterocycles. The summed E-state index contributed by atoms with van der Waals surface area (Å²) in [6.45, 7) is 2.02. The Labute approximate surface area is 93.6 Å². The number of para-hydroxylation sites is 1. The summed E-state index contributed by atoms with van der Waals surface area (Å²) in [5, 5.41) is 0. The van der Waals surface area contributed by atoms with E-state index in [9.17, 15) is 0 Å². The second-order valence-electron chi connectivity index (χ2n) is 3.45. The van der Waals surface area contributed by atoms with Crippen molar-refractivity contribution >= 4 is 15.9 Å². The predicted octanol–water partition coefficient (Wildman–Crippen LogP) is 2.74. The van der Waals surface area contributed by atoms with E-state index in [0.717, 1.165) is 23.1 Å². The third-order valence-electron chi connectivity index (χ3n) is 2.12. The van der Waals surface area contributed by atoms with Gasteiger partial charge in [-0.25, -0.2) is 0 Å². The highest BCUT2D eigenvalue weighted by molar-refractivity contribution is 9.10. The van der Waals surface area contributed by atoms with Crippen LogP contribution in [0.4, 0.5) is 0 Å². The monoisotopic (exact) mass is 257 g/mol. The van der Waals surface area contributed by atoms with Crippen molar-refractivity contribution in [2.24, 2.45) is 5.73 Å². The van der Waals surface area contributed by atoms with E-state index in [1.165, 1.54) is 5.56 Å². The number of halogens is 1. The SMILES string of the molecule is COc1c(Br)cccc1CCC(C)N. The van der Waals surface area contributed by atoms with Crippen molar-refractivity contribution in [1.82, 2.24) is 0 Å². The maximum atomic E-state index is 5.72. The Morgan fingerprint density at radius 1 is 1.50 bits per heavy atom. The Balaban J connectivity index is 2.80. The van der Waals surface area contributed by atoms with Crippen LogP contribution < -0.4 is 10.5 Å². The second-order valence-corrected chi connectivity index (χ2v) is 4.30. The number of methoxy groups -OCH3 is 1. The van der Waals surface area contributed by atoms with Crippen molar-refractivity contribution in [3.63, 3.8) is 0 Å². The predicted molar refractivity (Wildman–Crippen MR) is 62.7 cm³/mol. The quantitative estimate of drug-likeness (QED) is 0.901. The summed E-state index contributed by atoms with van der Waals surface area (Å²) < 4.78 is 6.32. The zero-order valence-electron chi connectivity index (χ0n) is 8.59. The van der Waals surface area contributed by atoms with Crippen LogP contribution in [0.15, 0.2) is 22.7 Å². The molecule has 1 unspecified atom stereocenters. The van der Waals surface area contributed by atoms with Gasteiger partial charge in [-0.05, 0) is 47.3 Å². The Kier molecular flexibility index (Phi) is 4.42. The minimum atomic E-state index is 0.235. The molecule has 0 aliphatic heterocycles. The molecule has 0 amide bonds. The second kappa shape index (κ2) is 5.37.